The van der Waals surface area contributed by atoms with E-state index < -0.39 is 6.09 Å². The first-order valence-corrected chi connectivity index (χ1v) is 11.4. The highest BCUT2D eigenvalue weighted by Gasteiger charge is 2.20. The maximum atomic E-state index is 12.4. The van der Waals surface area contributed by atoms with Gasteiger partial charge in [0.25, 0.3) is 0 Å². The van der Waals surface area contributed by atoms with Gasteiger partial charge in [0.05, 0.1) is 12.3 Å². The number of nitrogens with one attached hydrogen (secondary N) is 3. The highest BCUT2D eigenvalue weighted by Crippen LogP contribution is 2.24. The van der Waals surface area contributed by atoms with Crippen LogP contribution in [0.5, 0.6) is 0 Å². The van der Waals surface area contributed by atoms with Crippen molar-refractivity contribution < 1.29 is 14.3 Å². The smallest absolute Gasteiger partial charge is 0.412 e. The molecule has 0 unspecified atom stereocenters. The van der Waals surface area contributed by atoms with Gasteiger partial charge >= 0.3 is 12.1 Å². The zero-order chi connectivity index (χ0) is 24.0. The fourth-order valence-corrected chi connectivity index (χ4v) is 3.72. The van der Waals surface area contributed by atoms with Crippen LogP contribution < -0.4 is 16.0 Å². The molecular formula is C22H29N7O3S. The van der Waals surface area contributed by atoms with Crippen molar-refractivity contribution in [3.05, 3.63) is 46.7 Å². The molecule has 11 heteroatoms. The van der Waals surface area contributed by atoms with Crippen LogP contribution >= 0.6 is 11.3 Å². The predicted molar refractivity (Wildman–Crippen MR) is 129 cm³/mol. The number of carbonyl (C=O) groups excluding carboxylic acids is 2. The van der Waals surface area contributed by atoms with Gasteiger partial charge < -0.3 is 4.74 Å². The highest BCUT2D eigenvalue weighted by molar-refractivity contribution is 7.15. The van der Waals surface area contributed by atoms with Gasteiger partial charge in [-0.2, -0.15) is 5.10 Å². The summed E-state index contributed by atoms with van der Waals surface area (Å²) in [5, 5.41) is 13.2. The maximum absolute atomic E-state index is 12.4. The minimum Gasteiger partial charge on any atom is -0.450 e. The van der Waals surface area contributed by atoms with E-state index in [9.17, 15) is 9.59 Å². The normalized spacial score (nSPS) is 11.2. The number of pyridine rings is 1. The van der Waals surface area contributed by atoms with Gasteiger partial charge in [0.15, 0.2) is 5.13 Å². The highest BCUT2D eigenvalue weighted by atomic mass is 32.1. The molecule has 0 atom stereocenters. The van der Waals surface area contributed by atoms with E-state index >= 15 is 0 Å². The van der Waals surface area contributed by atoms with Gasteiger partial charge in [0.2, 0.25) is 0 Å². The molecule has 10 nitrogen and oxygen atoms in total. The average molecular weight is 472 g/mol. The third-order valence-corrected chi connectivity index (χ3v) is 5.63. The van der Waals surface area contributed by atoms with E-state index in [1.54, 1.807) is 31.0 Å². The third kappa shape index (κ3) is 7.01. The number of urea groups is 1. The fourth-order valence-electron chi connectivity index (χ4n) is 2.91. The molecule has 3 heterocycles. The molecule has 0 spiro atoms. The molecule has 0 aromatic carbocycles. The summed E-state index contributed by atoms with van der Waals surface area (Å²) < 4.78 is 6.51. The van der Waals surface area contributed by atoms with Gasteiger partial charge in [0, 0.05) is 35.8 Å². The largest absolute Gasteiger partial charge is 0.450 e. The molecule has 33 heavy (non-hydrogen) atoms. The number of anilines is 3. The van der Waals surface area contributed by atoms with Crippen LogP contribution in [-0.2, 0) is 30.0 Å². The maximum Gasteiger partial charge on any atom is 0.412 e. The lowest BCUT2D eigenvalue weighted by Crippen LogP contribution is -2.20. The fraction of sp³-hybridized carbons (Fsp3) is 0.409. The van der Waals surface area contributed by atoms with Crippen LogP contribution in [-0.4, -0.2) is 38.5 Å². The van der Waals surface area contributed by atoms with Crippen molar-refractivity contribution >= 4 is 40.2 Å². The minimum atomic E-state index is -0.528. The van der Waals surface area contributed by atoms with E-state index in [1.165, 1.54) is 11.3 Å². The number of ether oxygens (including phenoxy) is 1. The predicted octanol–water partition coefficient (Wildman–Crippen LogP) is 4.57. The number of rotatable bonds is 7. The molecule has 3 N–H and O–H groups in total. The Balaban J connectivity index is 1.53. The number of aryl methyl sites for hydroxylation is 3. The van der Waals surface area contributed by atoms with Crippen LogP contribution in [0.1, 0.15) is 43.8 Å². The lowest BCUT2D eigenvalue weighted by Gasteiger charge is -2.13. The lowest BCUT2D eigenvalue weighted by molar-refractivity contribution is 0.168. The monoisotopic (exact) mass is 471 g/mol. The summed E-state index contributed by atoms with van der Waals surface area (Å²) in [7, 11) is 1.79. The van der Waals surface area contributed by atoms with Crippen LogP contribution in [0.15, 0.2) is 30.6 Å². The average Bonchev–Trinajstić information content (AvgIpc) is 3.33. The summed E-state index contributed by atoms with van der Waals surface area (Å²) in [5.41, 5.74) is 1.81. The second-order valence-electron chi connectivity index (χ2n) is 8.39. The van der Waals surface area contributed by atoms with Crippen molar-refractivity contribution in [2.24, 2.45) is 7.05 Å². The molecule has 0 radical (unpaired) electrons. The van der Waals surface area contributed by atoms with Crippen molar-refractivity contribution in [2.75, 3.05) is 22.6 Å². The quantitative estimate of drug-likeness (QED) is 0.464. The molecule has 3 amide bonds. The van der Waals surface area contributed by atoms with Crippen LogP contribution in [0, 0.1) is 0 Å². The topological polar surface area (TPSA) is 123 Å². The van der Waals surface area contributed by atoms with Crippen LogP contribution in [0.3, 0.4) is 0 Å². The Labute approximate surface area is 196 Å². The molecule has 0 bridgehead atoms. The molecule has 0 aliphatic rings. The molecular weight excluding hydrogens is 442 g/mol. The van der Waals surface area contributed by atoms with Crippen LogP contribution in [0.25, 0.3) is 0 Å². The summed E-state index contributed by atoms with van der Waals surface area (Å²) in [5.74, 6) is 1.05. The summed E-state index contributed by atoms with van der Waals surface area (Å²) in [6, 6.07) is 5.20. The van der Waals surface area contributed by atoms with E-state index in [4.69, 9.17) is 4.74 Å². The van der Waals surface area contributed by atoms with Gasteiger partial charge in [-0.15, -0.1) is 11.3 Å². The van der Waals surface area contributed by atoms with Crippen LogP contribution in [0.4, 0.5) is 26.4 Å². The molecule has 3 aromatic heterocycles. The van der Waals surface area contributed by atoms with Gasteiger partial charge in [-0.25, -0.2) is 19.6 Å². The molecule has 3 aromatic rings. The Morgan fingerprint density at radius 3 is 2.61 bits per heavy atom. The Hall–Kier alpha value is -3.47. The van der Waals surface area contributed by atoms with E-state index in [1.807, 2.05) is 18.2 Å². The van der Waals surface area contributed by atoms with Crippen LogP contribution in [0.2, 0.25) is 0 Å². The molecule has 3 rings (SSSR count). The molecule has 0 saturated carbocycles. The Bertz CT molecular complexity index is 1120. The summed E-state index contributed by atoms with van der Waals surface area (Å²) in [6.07, 6.45) is 4.34. The molecule has 176 valence electrons. The number of carbonyl (C=O) groups is 2. The third-order valence-electron chi connectivity index (χ3n) is 4.65. The van der Waals surface area contributed by atoms with Gasteiger partial charge in [-0.1, -0.05) is 20.8 Å². The van der Waals surface area contributed by atoms with E-state index in [0.717, 1.165) is 29.0 Å². The number of aromatic nitrogens is 4. The van der Waals surface area contributed by atoms with Gasteiger partial charge in [-0.3, -0.25) is 20.6 Å². The standard InChI is InChI=1S/C22H29N7O3S/c1-6-32-21(31)25-17-11-14(9-10-23-17)7-8-15-13-24-20(33-15)27-19(30)26-18-12-16(22(2,3)4)28-29(18)5/h9-13H,6-8H2,1-5H3,(H,23,25,31)(H2,24,26,27,30). The van der Waals surface area contributed by atoms with Crippen molar-refractivity contribution in [3.63, 3.8) is 0 Å². The summed E-state index contributed by atoms with van der Waals surface area (Å²) in [6.45, 7) is 8.25. The molecule has 0 aliphatic heterocycles. The number of hydrogen-bond acceptors (Lipinski definition) is 7. The number of nitrogens with zero attached hydrogens (tertiary/aromatic N) is 4. The summed E-state index contributed by atoms with van der Waals surface area (Å²) >= 11 is 1.42. The first kappa shape index (κ1) is 24.2. The first-order valence-electron chi connectivity index (χ1n) is 10.6. The van der Waals surface area contributed by atoms with Crippen molar-refractivity contribution in [1.29, 1.82) is 0 Å². The molecule has 0 fully saturated rings. The lowest BCUT2D eigenvalue weighted by atomic mass is 9.92. The van der Waals surface area contributed by atoms with Gasteiger partial charge in [-0.05, 0) is 37.5 Å². The molecule has 0 aliphatic carbocycles. The van der Waals surface area contributed by atoms with Crippen molar-refractivity contribution in [2.45, 2.75) is 46.0 Å². The summed E-state index contributed by atoms with van der Waals surface area (Å²) in [4.78, 5) is 33.4. The Kier molecular flexibility index (Phi) is 7.64. The SMILES string of the molecule is CCOC(=O)Nc1cc(CCc2cnc(NC(=O)Nc3cc(C(C)(C)C)nn3C)s2)ccn1. The first-order chi connectivity index (χ1) is 15.6. The van der Waals surface area contributed by atoms with E-state index in [-0.39, 0.29) is 11.4 Å². The van der Waals surface area contributed by atoms with Crippen molar-refractivity contribution in [3.8, 4) is 0 Å². The van der Waals surface area contributed by atoms with Crippen molar-refractivity contribution in [1.82, 2.24) is 19.7 Å². The second kappa shape index (κ2) is 10.4. The Morgan fingerprint density at radius 2 is 1.91 bits per heavy atom. The number of thiazole rings is 1. The minimum absolute atomic E-state index is 0.108. The second-order valence-corrected chi connectivity index (χ2v) is 9.51. The molecule has 0 saturated heterocycles. The Morgan fingerprint density at radius 1 is 1.12 bits per heavy atom. The van der Waals surface area contributed by atoms with E-state index in [0.29, 0.717) is 23.4 Å². The number of amides is 3. The van der Waals surface area contributed by atoms with E-state index in [2.05, 4.69) is 51.8 Å². The number of hydrogen-bond donors (Lipinski definition) is 3. The van der Waals surface area contributed by atoms with Gasteiger partial charge in [0.1, 0.15) is 11.6 Å². The zero-order valence-electron chi connectivity index (χ0n) is 19.4. The zero-order valence-corrected chi connectivity index (χ0v) is 20.2.